The van der Waals surface area contributed by atoms with Gasteiger partial charge in [-0.25, -0.2) is 4.98 Å². The van der Waals surface area contributed by atoms with Crippen molar-refractivity contribution in [3.8, 4) is 5.75 Å². The molecule has 0 amide bonds. The van der Waals surface area contributed by atoms with Gasteiger partial charge in [0.15, 0.2) is 0 Å². The van der Waals surface area contributed by atoms with E-state index in [1.54, 1.807) is 0 Å². The molecular formula is C16H24N4O. The molecule has 0 radical (unpaired) electrons. The molecule has 0 atom stereocenters. The van der Waals surface area contributed by atoms with Crippen LogP contribution in [0.1, 0.15) is 19.0 Å². The van der Waals surface area contributed by atoms with Gasteiger partial charge in [0.25, 0.3) is 0 Å². The Labute approximate surface area is 126 Å². The molecule has 0 aliphatic rings. The maximum Gasteiger partial charge on any atom is 0.204 e. The Morgan fingerprint density at radius 1 is 1.24 bits per heavy atom. The van der Waals surface area contributed by atoms with Gasteiger partial charge in [0.05, 0.1) is 25.0 Å². The summed E-state index contributed by atoms with van der Waals surface area (Å²) in [4.78, 5) is 6.41. The quantitative estimate of drug-likeness (QED) is 0.850. The molecule has 114 valence electrons. The summed E-state index contributed by atoms with van der Waals surface area (Å²) >= 11 is 0. The minimum atomic E-state index is 0.743. The van der Waals surface area contributed by atoms with E-state index in [0.717, 1.165) is 42.7 Å². The summed E-state index contributed by atoms with van der Waals surface area (Å²) in [5.41, 5.74) is 2.22. The van der Waals surface area contributed by atoms with Gasteiger partial charge in [-0.15, -0.1) is 0 Å². The number of benzene rings is 1. The molecule has 0 saturated carbocycles. The third kappa shape index (κ3) is 3.90. The molecule has 0 unspecified atom stereocenters. The van der Waals surface area contributed by atoms with Crippen LogP contribution in [-0.4, -0.2) is 30.3 Å². The SMILES string of the molecule is CCCOc1ccc(NCc2cnc(N(C)C)n2C)cc1. The molecule has 2 aromatic rings. The lowest BCUT2D eigenvalue weighted by molar-refractivity contribution is 0.317. The molecule has 0 spiro atoms. The van der Waals surface area contributed by atoms with Crippen molar-refractivity contribution in [1.82, 2.24) is 9.55 Å². The van der Waals surface area contributed by atoms with Crippen LogP contribution in [-0.2, 0) is 13.6 Å². The fourth-order valence-corrected chi connectivity index (χ4v) is 2.10. The van der Waals surface area contributed by atoms with Gasteiger partial charge in [-0.05, 0) is 30.7 Å². The molecule has 0 aliphatic carbocycles. The molecule has 5 heteroatoms. The molecule has 21 heavy (non-hydrogen) atoms. The second-order valence-corrected chi connectivity index (χ2v) is 5.23. The van der Waals surface area contributed by atoms with Crippen molar-refractivity contribution in [2.75, 3.05) is 30.9 Å². The summed E-state index contributed by atoms with van der Waals surface area (Å²) in [6.07, 6.45) is 2.93. The maximum atomic E-state index is 5.57. The van der Waals surface area contributed by atoms with Crippen LogP contribution < -0.4 is 15.0 Å². The number of anilines is 2. The standard InChI is InChI=1S/C16H24N4O/c1-5-10-21-15-8-6-13(7-9-15)17-11-14-12-18-16(19(2)3)20(14)4/h6-9,12,17H,5,10-11H2,1-4H3. The molecule has 1 aromatic carbocycles. The highest BCUT2D eigenvalue weighted by atomic mass is 16.5. The number of ether oxygens (including phenoxy) is 1. The Morgan fingerprint density at radius 2 is 1.95 bits per heavy atom. The summed E-state index contributed by atoms with van der Waals surface area (Å²) in [7, 11) is 6.02. The Kier molecular flexibility index (Phi) is 5.09. The number of nitrogens with zero attached hydrogens (tertiary/aromatic N) is 3. The first-order valence-electron chi connectivity index (χ1n) is 7.26. The predicted molar refractivity (Wildman–Crippen MR) is 87.1 cm³/mol. The molecule has 0 fully saturated rings. The largest absolute Gasteiger partial charge is 0.494 e. The van der Waals surface area contributed by atoms with E-state index in [4.69, 9.17) is 4.74 Å². The summed E-state index contributed by atoms with van der Waals surface area (Å²) in [6, 6.07) is 8.06. The van der Waals surface area contributed by atoms with Crippen LogP contribution >= 0.6 is 0 Å². The molecule has 0 bridgehead atoms. The summed E-state index contributed by atoms with van der Waals surface area (Å²) in [5.74, 6) is 1.87. The number of aromatic nitrogens is 2. The Bertz CT molecular complexity index is 560. The average Bonchev–Trinajstić information content (AvgIpc) is 2.85. The van der Waals surface area contributed by atoms with Crippen LogP contribution in [0.15, 0.2) is 30.5 Å². The van der Waals surface area contributed by atoms with Gasteiger partial charge in [-0.3, -0.25) is 0 Å². The Balaban J connectivity index is 1.94. The first-order valence-corrected chi connectivity index (χ1v) is 7.26. The van der Waals surface area contributed by atoms with E-state index >= 15 is 0 Å². The van der Waals surface area contributed by atoms with Crippen molar-refractivity contribution in [2.45, 2.75) is 19.9 Å². The van der Waals surface area contributed by atoms with E-state index in [2.05, 4.69) is 21.8 Å². The number of hydrogen-bond acceptors (Lipinski definition) is 4. The van der Waals surface area contributed by atoms with Crippen molar-refractivity contribution in [3.05, 3.63) is 36.2 Å². The third-order valence-electron chi connectivity index (χ3n) is 3.26. The first-order chi connectivity index (χ1) is 10.1. The number of nitrogens with one attached hydrogen (secondary N) is 1. The van der Waals surface area contributed by atoms with Crippen LogP contribution in [0.25, 0.3) is 0 Å². The fraction of sp³-hybridized carbons (Fsp3) is 0.438. The summed E-state index contributed by atoms with van der Waals surface area (Å²) in [5, 5.41) is 3.40. The topological polar surface area (TPSA) is 42.3 Å². The molecule has 5 nitrogen and oxygen atoms in total. The second-order valence-electron chi connectivity index (χ2n) is 5.23. The van der Waals surface area contributed by atoms with E-state index in [1.807, 2.05) is 56.5 Å². The van der Waals surface area contributed by atoms with E-state index in [9.17, 15) is 0 Å². The van der Waals surface area contributed by atoms with Crippen LogP contribution in [0.4, 0.5) is 11.6 Å². The van der Waals surface area contributed by atoms with Crippen molar-refractivity contribution >= 4 is 11.6 Å². The van der Waals surface area contributed by atoms with Gasteiger partial charge in [-0.2, -0.15) is 0 Å². The molecule has 0 saturated heterocycles. The van der Waals surface area contributed by atoms with Gasteiger partial charge < -0.3 is 19.5 Å². The number of rotatable bonds is 7. The second kappa shape index (κ2) is 7.02. The van der Waals surface area contributed by atoms with Crippen molar-refractivity contribution in [2.24, 2.45) is 7.05 Å². The van der Waals surface area contributed by atoms with Gasteiger partial charge in [0.2, 0.25) is 5.95 Å². The number of imidazole rings is 1. The zero-order chi connectivity index (χ0) is 15.2. The van der Waals surface area contributed by atoms with E-state index in [-0.39, 0.29) is 0 Å². The van der Waals surface area contributed by atoms with E-state index in [1.165, 1.54) is 0 Å². The normalized spacial score (nSPS) is 10.5. The van der Waals surface area contributed by atoms with Crippen LogP contribution in [0.2, 0.25) is 0 Å². The molecule has 1 heterocycles. The highest BCUT2D eigenvalue weighted by molar-refractivity contribution is 5.46. The summed E-state index contributed by atoms with van der Waals surface area (Å²) in [6.45, 7) is 3.60. The van der Waals surface area contributed by atoms with Crippen LogP contribution in [0, 0.1) is 0 Å². The lowest BCUT2D eigenvalue weighted by Gasteiger charge is -2.13. The fourth-order valence-electron chi connectivity index (χ4n) is 2.10. The number of hydrogen-bond donors (Lipinski definition) is 1. The van der Waals surface area contributed by atoms with Gasteiger partial charge >= 0.3 is 0 Å². The predicted octanol–water partition coefficient (Wildman–Crippen LogP) is 2.89. The van der Waals surface area contributed by atoms with Gasteiger partial charge in [0.1, 0.15) is 5.75 Å². The zero-order valence-corrected chi connectivity index (χ0v) is 13.3. The average molecular weight is 288 g/mol. The minimum absolute atomic E-state index is 0.743. The highest BCUT2D eigenvalue weighted by Gasteiger charge is 2.07. The summed E-state index contributed by atoms with van der Waals surface area (Å²) < 4.78 is 7.66. The van der Waals surface area contributed by atoms with Crippen molar-refractivity contribution in [1.29, 1.82) is 0 Å². The van der Waals surface area contributed by atoms with Crippen LogP contribution in [0.5, 0.6) is 5.75 Å². The monoisotopic (exact) mass is 288 g/mol. The lowest BCUT2D eigenvalue weighted by atomic mass is 10.3. The molecule has 0 aliphatic heterocycles. The highest BCUT2D eigenvalue weighted by Crippen LogP contribution is 2.17. The first kappa shape index (κ1) is 15.2. The van der Waals surface area contributed by atoms with E-state index < -0.39 is 0 Å². The minimum Gasteiger partial charge on any atom is -0.494 e. The Morgan fingerprint density at radius 3 is 2.52 bits per heavy atom. The maximum absolute atomic E-state index is 5.57. The van der Waals surface area contributed by atoms with Crippen LogP contribution in [0.3, 0.4) is 0 Å². The Hall–Kier alpha value is -2.17. The van der Waals surface area contributed by atoms with Crippen molar-refractivity contribution < 1.29 is 4.74 Å². The van der Waals surface area contributed by atoms with Gasteiger partial charge in [0, 0.05) is 26.8 Å². The van der Waals surface area contributed by atoms with Gasteiger partial charge in [-0.1, -0.05) is 6.92 Å². The third-order valence-corrected chi connectivity index (χ3v) is 3.26. The molecular weight excluding hydrogens is 264 g/mol. The molecule has 1 aromatic heterocycles. The van der Waals surface area contributed by atoms with E-state index in [0.29, 0.717) is 0 Å². The molecule has 2 rings (SSSR count). The molecule has 1 N–H and O–H groups in total. The lowest BCUT2D eigenvalue weighted by Crippen LogP contribution is -2.15. The van der Waals surface area contributed by atoms with Crippen molar-refractivity contribution in [3.63, 3.8) is 0 Å². The zero-order valence-electron chi connectivity index (χ0n) is 13.3. The smallest absolute Gasteiger partial charge is 0.204 e.